The average Bonchev–Trinajstić information content (AvgIpc) is 3.20. The van der Waals surface area contributed by atoms with Crippen LogP contribution in [0, 0.1) is 11.6 Å². The molecule has 4 aromatic rings. The van der Waals surface area contributed by atoms with E-state index in [0.29, 0.717) is 27.1 Å². The van der Waals surface area contributed by atoms with Crippen LogP contribution in [0.1, 0.15) is 5.56 Å². The van der Waals surface area contributed by atoms with E-state index >= 15 is 0 Å². The Morgan fingerprint density at radius 1 is 0.919 bits per heavy atom. The molecule has 1 aliphatic rings. The van der Waals surface area contributed by atoms with E-state index in [-0.39, 0.29) is 23.7 Å². The number of para-hydroxylation sites is 1. The molecule has 3 aromatic carbocycles. The molecule has 0 saturated carbocycles. The molecule has 0 unspecified atom stereocenters. The van der Waals surface area contributed by atoms with Crippen LogP contribution >= 0.6 is 0 Å². The molecule has 37 heavy (non-hydrogen) atoms. The van der Waals surface area contributed by atoms with Crippen LogP contribution in [0.3, 0.4) is 0 Å². The first kappa shape index (κ1) is 23.6. The van der Waals surface area contributed by atoms with Gasteiger partial charge in [-0.3, -0.25) is 19.7 Å². The van der Waals surface area contributed by atoms with Crippen molar-refractivity contribution in [3.8, 4) is 0 Å². The molecule has 5 rings (SSSR count). The first-order chi connectivity index (χ1) is 17.8. The minimum absolute atomic E-state index is 0.0270. The number of carbonyl (C=O) groups is 4. The maximum atomic E-state index is 13.7. The van der Waals surface area contributed by atoms with Gasteiger partial charge in [0.15, 0.2) is 0 Å². The molecule has 8 nitrogen and oxygen atoms in total. The summed E-state index contributed by atoms with van der Waals surface area (Å²) in [6.45, 7) is -0.102. The lowest BCUT2D eigenvalue weighted by Crippen LogP contribution is -2.54. The second-order valence-electron chi connectivity index (χ2n) is 8.22. The van der Waals surface area contributed by atoms with Crippen LogP contribution in [-0.4, -0.2) is 28.3 Å². The lowest BCUT2D eigenvalue weighted by molar-refractivity contribution is -0.122. The SMILES string of the molecule is O=C(Cn1cc(/C=C2\C(=O)NC(=O)N(c3cccc(F)c3)C2=O)c2ccccc21)Nc1ccc(F)cc1. The summed E-state index contributed by atoms with van der Waals surface area (Å²) in [5.74, 6) is -3.26. The number of barbiturate groups is 1. The summed E-state index contributed by atoms with van der Waals surface area (Å²) in [5, 5.41) is 5.44. The van der Waals surface area contributed by atoms with Gasteiger partial charge in [0.1, 0.15) is 23.8 Å². The Morgan fingerprint density at radius 2 is 1.68 bits per heavy atom. The van der Waals surface area contributed by atoms with Gasteiger partial charge in [0, 0.05) is 28.4 Å². The van der Waals surface area contributed by atoms with Crippen molar-refractivity contribution in [2.24, 2.45) is 0 Å². The van der Waals surface area contributed by atoms with Gasteiger partial charge in [-0.2, -0.15) is 0 Å². The Kier molecular flexibility index (Phi) is 6.06. The number of fused-ring (bicyclic) bond motifs is 1. The maximum Gasteiger partial charge on any atom is 0.335 e. The molecular formula is C27H18F2N4O4. The molecule has 0 aliphatic carbocycles. The van der Waals surface area contributed by atoms with Crippen LogP contribution in [0.15, 0.2) is 84.6 Å². The number of carbonyl (C=O) groups excluding carboxylic acids is 4. The Hall–Kier alpha value is -5.12. The smallest absolute Gasteiger partial charge is 0.335 e. The molecule has 1 aliphatic heterocycles. The van der Waals surface area contributed by atoms with Gasteiger partial charge in [-0.15, -0.1) is 0 Å². The van der Waals surface area contributed by atoms with Crippen LogP contribution < -0.4 is 15.5 Å². The number of nitrogens with one attached hydrogen (secondary N) is 2. The molecule has 1 fully saturated rings. The number of aromatic nitrogens is 1. The molecule has 10 heteroatoms. The van der Waals surface area contributed by atoms with E-state index in [1.54, 1.807) is 35.0 Å². The first-order valence-corrected chi connectivity index (χ1v) is 11.1. The third kappa shape index (κ3) is 4.72. The number of halogens is 2. The Labute approximate surface area is 208 Å². The number of hydrogen-bond acceptors (Lipinski definition) is 4. The normalized spacial score (nSPS) is 14.8. The zero-order chi connectivity index (χ0) is 26.1. The van der Waals surface area contributed by atoms with Crippen molar-refractivity contribution in [1.82, 2.24) is 9.88 Å². The minimum atomic E-state index is -0.988. The standard InChI is InChI=1S/C27H18F2N4O4/c28-17-8-10-19(11-9-17)30-24(34)15-32-14-16(21-6-1-2-7-23(21)32)12-22-25(35)31-27(37)33(26(22)36)20-5-3-4-18(29)13-20/h1-14H,15H2,(H,30,34)(H,31,35,37)/b22-12+. The fourth-order valence-electron chi connectivity index (χ4n) is 4.07. The van der Waals surface area contributed by atoms with E-state index in [1.165, 1.54) is 48.5 Å². The minimum Gasteiger partial charge on any atom is -0.337 e. The van der Waals surface area contributed by atoms with E-state index in [9.17, 15) is 28.0 Å². The Bertz CT molecular complexity index is 1610. The summed E-state index contributed by atoms with van der Waals surface area (Å²) >= 11 is 0. The summed E-state index contributed by atoms with van der Waals surface area (Å²) in [5.41, 5.74) is 1.18. The fourth-order valence-corrected chi connectivity index (χ4v) is 4.07. The third-order valence-electron chi connectivity index (χ3n) is 5.73. The van der Waals surface area contributed by atoms with Gasteiger partial charge in [0.05, 0.1) is 5.69 Å². The number of rotatable bonds is 5. The highest BCUT2D eigenvalue weighted by molar-refractivity contribution is 6.39. The highest BCUT2D eigenvalue weighted by Crippen LogP contribution is 2.27. The Balaban J connectivity index is 1.48. The van der Waals surface area contributed by atoms with E-state index in [4.69, 9.17) is 0 Å². The van der Waals surface area contributed by atoms with Crippen molar-refractivity contribution in [3.05, 3.63) is 102 Å². The molecule has 0 atom stereocenters. The second-order valence-corrected chi connectivity index (χ2v) is 8.22. The average molecular weight is 500 g/mol. The number of urea groups is 1. The second kappa shape index (κ2) is 9.50. The number of nitrogens with zero attached hydrogens (tertiary/aromatic N) is 2. The summed E-state index contributed by atoms with van der Waals surface area (Å²) in [7, 11) is 0. The van der Waals surface area contributed by atoms with Gasteiger partial charge in [-0.05, 0) is 54.6 Å². The third-order valence-corrected chi connectivity index (χ3v) is 5.73. The van der Waals surface area contributed by atoms with Gasteiger partial charge < -0.3 is 9.88 Å². The molecule has 1 aromatic heterocycles. The largest absolute Gasteiger partial charge is 0.337 e. The fraction of sp³-hybridized carbons (Fsp3) is 0.0370. The summed E-state index contributed by atoms with van der Waals surface area (Å²) in [4.78, 5) is 51.5. The van der Waals surface area contributed by atoms with Crippen LogP contribution in [0.2, 0.25) is 0 Å². The molecule has 0 radical (unpaired) electrons. The molecule has 2 heterocycles. The van der Waals surface area contributed by atoms with Gasteiger partial charge in [-0.25, -0.2) is 18.5 Å². The van der Waals surface area contributed by atoms with Crippen LogP contribution in [0.5, 0.6) is 0 Å². The van der Waals surface area contributed by atoms with Crippen molar-refractivity contribution in [1.29, 1.82) is 0 Å². The quantitative estimate of drug-likeness (QED) is 0.317. The van der Waals surface area contributed by atoms with Gasteiger partial charge in [0.2, 0.25) is 5.91 Å². The van der Waals surface area contributed by atoms with Crippen molar-refractivity contribution in [3.63, 3.8) is 0 Å². The van der Waals surface area contributed by atoms with Crippen LogP contribution in [0.4, 0.5) is 25.0 Å². The molecular weight excluding hydrogens is 482 g/mol. The number of anilines is 2. The monoisotopic (exact) mass is 500 g/mol. The molecule has 184 valence electrons. The zero-order valence-corrected chi connectivity index (χ0v) is 19.1. The first-order valence-electron chi connectivity index (χ1n) is 11.1. The van der Waals surface area contributed by atoms with Gasteiger partial charge >= 0.3 is 6.03 Å². The lowest BCUT2D eigenvalue weighted by atomic mass is 10.1. The molecule has 2 N–H and O–H groups in total. The van der Waals surface area contributed by atoms with Crippen molar-refractivity contribution in [2.45, 2.75) is 6.54 Å². The van der Waals surface area contributed by atoms with E-state index < -0.39 is 29.5 Å². The van der Waals surface area contributed by atoms with E-state index in [2.05, 4.69) is 10.6 Å². The predicted molar refractivity (Wildman–Crippen MR) is 132 cm³/mol. The van der Waals surface area contributed by atoms with E-state index in [0.717, 1.165) is 6.07 Å². The van der Waals surface area contributed by atoms with Crippen LogP contribution in [-0.2, 0) is 20.9 Å². The van der Waals surface area contributed by atoms with Crippen molar-refractivity contribution in [2.75, 3.05) is 10.2 Å². The summed E-state index contributed by atoms with van der Waals surface area (Å²) in [6.07, 6.45) is 2.93. The van der Waals surface area contributed by atoms with Crippen molar-refractivity contribution < 1.29 is 28.0 Å². The maximum absolute atomic E-state index is 13.7. The molecule has 0 bridgehead atoms. The highest BCUT2D eigenvalue weighted by Gasteiger charge is 2.37. The number of imide groups is 2. The van der Waals surface area contributed by atoms with Gasteiger partial charge in [0.25, 0.3) is 11.8 Å². The van der Waals surface area contributed by atoms with Crippen LogP contribution in [0.25, 0.3) is 17.0 Å². The topological polar surface area (TPSA) is 101 Å². The van der Waals surface area contributed by atoms with E-state index in [1.807, 2.05) is 0 Å². The highest BCUT2D eigenvalue weighted by atomic mass is 19.1. The number of benzene rings is 3. The number of amides is 5. The summed E-state index contributed by atoms with van der Waals surface area (Å²) < 4.78 is 28.5. The zero-order valence-electron chi connectivity index (χ0n) is 19.1. The number of hydrogen-bond donors (Lipinski definition) is 2. The lowest BCUT2D eigenvalue weighted by Gasteiger charge is -2.26. The molecule has 0 spiro atoms. The Morgan fingerprint density at radius 3 is 2.43 bits per heavy atom. The predicted octanol–water partition coefficient (Wildman–Crippen LogP) is 4.22. The van der Waals surface area contributed by atoms with Crippen molar-refractivity contribution >= 4 is 52.1 Å². The molecule has 5 amide bonds. The molecule has 1 saturated heterocycles. The summed E-state index contributed by atoms with van der Waals surface area (Å²) in [6, 6.07) is 16.3. The van der Waals surface area contributed by atoms with Gasteiger partial charge in [-0.1, -0.05) is 24.3 Å².